The fraction of sp³-hybridized carbons (Fsp3) is 0.471. The van der Waals surface area contributed by atoms with Crippen LogP contribution in [-0.2, 0) is 0 Å². The van der Waals surface area contributed by atoms with Gasteiger partial charge in [0.25, 0.3) is 0 Å². The monoisotopic (exact) mass is 267 g/mol. The molecule has 1 fully saturated rings. The van der Waals surface area contributed by atoms with Crippen molar-refractivity contribution in [2.24, 2.45) is 5.92 Å². The van der Waals surface area contributed by atoms with E-state index < -0.39 is 0 Å². The highest BCUT2D eigenvalue weighted by Gasteiger charge is 2.27. The third kappa shape index (κ3) is 2.01. The second kappa shape index (κ2) is 4.97. The minimum absolute atomic E-state index is 0.564. The van der Waals surface area contributed by atoms with E-state index in [1.54, 1.807) is 0 Å². The summed E-state index contributed by atoms with van der Waals surface area (Å²) in [5, 5.41) is 8.62. The molecule has 4 rings (SSSR count). The Kier molecular flexibility index (Phi) is 2.98. The molecule has 1 atom stereocenters. The van der Waals surface area contributed by atoms with Gasteiger partial charge in [-0.25, -0.2) is 0 Å². The van der Waals surface area contributed by atoms with Crippen LogP contribution in [0.5, 0.6) is 0 Å². The lowest BCUT2D eigenvalue weighted by Crippen LogP contribution is -2.40. The summed E-state index contributed by atoms with van der Waals surface area (Å²) in [6.45, 7) is 1.03. The predicted octanol–water partition coefficient (Wildman–Crippen LogP) is 4.02. The van der Waals surface area contributed by atoms with Gasteiger partial charge in [0.1, 0.15) is 0 Å². The Morgan fingerprint density at radius 3 is 2.80 bits per heavy atom. The highest BCUT2D eigenvalue weighted by atomic mass is 15.1. The van der Waals surface area contributed by atoms with E-state index in [9.17, 15) is 0 Å². The highest BCUT2D eigenvalue weighted by Crippen LogP contribution is 2.36. The molecule has 0 bridgehead atoms. The van der Waals surface area contributed by atoms with Gasteiger partial charge in [0.2, 0.25) is 0 Å². The van der Waals surface area contributed by atoms with Crippen LogP contribution < -0.4 is 10.6 Å². The van der Waals surface area contributed by atoms with E-state index in [1.807, 2.05) is 6.20 Å². The summed E-state index contributed by atoms with van der Waals surface area (Å²) in [4.78, 5) is 4.53. The average Bonchev–Trinajstić information content (AvgIpc) is 2.55. The molecule has 2 aromatic rings. The summed E-state index contributed by atoms with van der Waals surface area (Å²) in [6, 6.07) is 8.96. The molecule has 3 heteroatoms. The maximum absolute atomic E-state index is 4.53. The molecular weight excluding hydrogens is 246 g/mol. The first-order valence-corrected chi connectivity index (χ1v) is 7.80. The van der Waals surface area contributed by atoms with Crippen molar-refractivity contribution in [1.82, 2.24) is 4.98 Å². The van der Waals surface area contributed by atoms with Gasteiger partial charge in [0.15, 0.2) is 0 Å². The van der Waals surface area contributed by atoms with Crippen molar-refractivity contribution in [3.63, 3.8) is 0 Å². The van der Waals surface area contributed by atoms with Crippen LogP contribution >= 0.6 is 0 Å². The Morgan fingerprint density at radius 2 is 1.90 bits per heavy atom. The Bertz CT molecular complexity index is 617. The number of benzene rings is 1. The molecular formula is C17H21N3. The molecule has 1 saturated carbocycles. The van der Waals surface area contributed by atoms with Crippen molar-refractivity contribution in [1.29, 1.82) is 0 Å². The van der Waals surface area contributed by atoms with E-state index in [0.29, 0.717) is 6.04 Å². The van der Waals surface area contributed by atoms with Gasteiger partial charge in [-0.2, -0.15) is 0 Å². The average molecular weight is 267 g/mol. The first kappa shape index (κ1) is 12.0. The van der Waals surface area contributed by atoms with Gasteiger partial charge < -0.3 is 10.6 Å². The Morgan fingerprint density at radius 1 is 1.05 bits per heavy atom. The van der Waals surface area contributed by atoms with Crippen LogP contribution in [0.3, 0.4) is 0 Å². The number of fused-ring (bicyclic) bond motifs is 3. The molecule has 0 spiro atoms. The Hall–Kier alpha value is -1.77. The highest BCUT2D eigenvalue weighted by molar-refractivity contribution is 5.98. The standard InChI is InChI=1S/C17H21N3/c1-2-6-12(7-3-1)15-10-19-16-11-18-14-9-5-4-8-13(14)17(16)20-15/h4-5,8-9,11-12,15,19-20H,1-3,6-7,10H2. The van der Waals surface area contributed by atoms with E-state index in [-0.39, 0.29) is 0 Å². The van der Waals surface area contributed by atoms with Crippen molar-refractivity contribution >= 4 is 22.3 Å². The molecule has 1 aliphatic heterocycles. The summed E-state index contributed by atoms with van der Waals surface area (Å²) >= 11 is 0. The lowest BCUT2D eigenvalue weighted by molar-refractivity contribution is 0.322. The maximum atomic E-state index is 4.53. The number of hydrogen-bond donors (Lipinski definition) is 2. The van der Waals surface area contributed by atoms with Crippen LogP contribution in [0.1, 0.15) is 32.1 Å². The zero-order valence-corrected chi connectivity index (χ0v) is 11.7. The third-order valence-electron chi connectivity index (χ3n) is 4.84. The third-order valence-corrected chi connectivity index (χ3v) is 4.84. The molecule has 0 amide bonds. The largest absolute Gasteiger partial charge is 0.380 e. The van der Waals surface area contributed by atoms with Crippen LogP contribution in [0.25, 0.3) is 10.9 Å². The minimum Gasteiger partial charge on any atom is -0.380 e. The quantitative estimate of drug-likeness (QED) is 0.819. The van der Waals surface area contributed by atoms with Crippen molar-refractivity contribution in [2.45, 2.75) is 38.1 Å². The van der Waals surface area contributed by atoms with Gasteiger partial charge in [-0.15, -0.1) is 0 Å². The molecule has 104 valence electrons. The number of pyridine rings is 1. The van der Waals surface area contributed by atoms with Gasteiger partial charge in [-0.3, -0.25) is 4.98 Å². The van der Waals surface area contributed by atoms with Gasteiger partial charge in [-0.1, -0.05) is 37.5 Å². The van der Waals surface area contributed by atoms with Gasteiger partial charge in [0, 0.05) is 18.0 Å². The summed E-state index contributed by atoms with van der Waals surface area (Å²) in [5.74, 6) is 0.816. The summed E-state index contributed by atoms with van der Waals surface area (Å²) in [6.07, 6.45) is 8.91. The normalized spacial score (nSPS) is 22.9. The molecule has 3 nitrogen and oxygen atoms in total. The van der Waals surface area contributed by atoms with E-state index in [1.165, 1.54) is 43.2 Å². The zero-order valence-electron chi connectivity index (χ0n) is 11.7. The summed E-state index contributed by atoms with van der Waals surface area (Å²) in [5.41, 5.74) is 3.47. The van der Waals surface area contributed by atoms with Crippen LogP contribution in [-0.4, -0.2) is 17.6 Å². The summed E-state index contributed by atoms with van der Waals surface area (Å²) in [7, 11) is 0. The van der Waals surface area contributed by atoms with Gasteiger partial charge >= 0.3 is 0 Å². The number of nitrogens with one attached hydrogen (secondary N) is 2. The minimum atomic E-state index is 0.564. The number of para-hydroxylation sites is 1. The van der Waals surface area contributed by atoms with Crippen molar-refractivity contribution in [2.75, 3.05) is 17.2 Å². The van der Waals surface area contributed by atoms with Gasteiger partial charge in [-0.05, 0) is 24.8 Å². The van der Waals surface area contributed by atoms with Crippen LogP contribution in [0.2, 0.25) is 0 Å². The summed E-state index contributed by atoms with van der Waals surface area (Å²) < 4.78 is 0. The fourth-order valence-electron chi connectivity index (χ4n) is 3.71. The molecule has 1 unspecified atom stereocenters. The van der Waals surface area contributed by atoms with E-state index >= 15 is 0 Å². The molecule has 0 saturated heterocycles. The number of hydrogen-bond acceptors (Lipinski definition) is 3. The van der Waals surface area contributed by atoms with Crippen molar-refractivity contribution in [3.05, 3.63) is 30.5 Å². The van der Waals surface area contributed by atoms with E-state index in [2.05, 4.69) is 39.9 Å². The molecule has 20 heavy (non-hydrogen) atoms. The van der Waals surface area contributed by atoms with Crippen molar-refractivity contribution < 1.29 is 0 Å². The van der Waals surface area contributed by atoms with Gasteiger partial charge in [0.05, 0.1) is 23.1 Å². The molecule has 2 aliphatic rings. The predicted molar refractivity (Wildman–Crippen MR) is 84.2 cm³/mol. The molecule has 1 aromatic heterocycles. The lowest BCUT2D eigenvalue weighted by atomic mass is 9.83. The second-order valence-corrected chi connectivity index (χ2v) is 6.09. The fourth-order valence-corrected chi connectivity index (χ4v) is 3.71. The second-order valence-electron chi connectivity index (χ2n) is 6.09. The molecule has 1 aliphatic carbocycles. The molecule has 2 N–H and O–H groups in total. The van der Waals surface area contributed by atoms with E-state index in [4.69, 9.17) is 0 Å². The van der Waals surface area contributed by atoms with Crippen LogP contribution in [0.4, 0.5) is 11.4 Å². The first-order chi connectivity index (χ1) is 9.92. The SMILES string of the molecule is c1ccc2c3c(cnc2c1)NCC(C1CCCCC1)N3. The first-order valence-electron chi connectivity index (χ1n) is 7.80. The number of anilines is 2. The maximum Gasteiger partial charge on any atom is 0.0769 e. The molecule has 0 radical (unpaired) electrons. The Balaban J connectivity index is 1.68. The smallest absolute Gasteiger partial charge is 0.0769 e. The van der Waals surface area contributed by atoms with E-state index in [0.717, 1.165) is 23.7 Å². The molecule has 2 heterocycles. The lowest BCUT2D eigenvalue weighted by Gasteiger charge is -2.36. The Labute approximate surface area is 119 Å². The zero-order chi connectivity index (χ0) is 13.4. The number of nitrogens with zero attached hydrogens (tertiary/aromatic N) is 1. The topological polar surface area (TPSA) is 37.0 Å². The van der Waals surface area contributed by atoms with Crippen LogP contribution in [0, 0.1) is 5.92 Å². The van der Waals surface area contributed by atoms with Crippen LogP contribution in [0.15, 0.2) is 30.5 Å². The number of aromatic nitrogens is 1. The molecule has 1 aromatic carbocycles. The van der Waals surface area contributed by atoms with Crippen molar-refractivity contribution in [3.8, 4) is 0 Å². The number of rotatable bonds is 1.